The van der Waals surface area contributed by atoms with Gasteiger partial charge in [0.05, 0.1) is 12.0 Å². The summed E-state index contributed by atoms with van der Waals surface area (Å²) in [6, 6.07) is 15.7. The third-order valence-corrected chi connectivity index (χ3v) is 5.34. The number of benzene rings is 3. The van der Waals surface area contributed by atoms with Crippen LogP contribution in [0.5, 0.6) is 0 Å². The number of hydrogen-bond acceptors (Lipinski definition) is 3. The van der Waals surface area contributed by atoms with Crippen LogP contribution in [0.25, 0.3) is 11.1 Å². The van der Waals surface area contributed by atoms with Crippen molar-refractivity contribution in [2.24, 2.45) is 0 Å². The van der Waals surface area contributed by atoms with E-state index >= 15 is 0 Å². The number of carbonyl (C=O) groups is 2. The third-order valence-electron chi connectivity index (χ3n) is 5.34. The number of alkyl halides is 3. The van der Waals surface area contributed by atoms with Crippen LogP contribution < -0.4 is 0 Å². The number of amides is 1. The third kappa shape index (κ3) is 6.81. The second kappa shape index (κ2) is 11.0. The maximum absolute atomic E-state index is 14.1. The van der Waals surface area contributed by atoms with Crippen molar-refractivity contribution in [1.82, 2.24) is 4.90 Å². The van der Waals surface area contributed by atoms with Gasteiger partial charge in [-0.1, -0.05) is 42.5 Å². The minimum Gasteiger partial charge on any atom is -0.481 e. The first kappa shape index (κ1) is 25.7. The fraction of sp³-hybridized carbons (Fsp3) is 0.231. The van der Waals surface area contributed by atoms with Crippen LogP contribution in [0, 0.1) is 5.82 Å². The summed E-state index contributed by atoms with van der Waals surface area (Å²) in [5, 5.41) is 9.03. The van der Waals surface area contributed by atoms with Crippen LogP contribution in [0.2, 0.25) is 0 Å². The second-order valence-electron chi connectivity index (χ2n) is 7.80. The minimum absolute atomic E-state index is 0.00211. The zero-order valence-electron chi connectivity index (χ0n) is 18.8. The monoisotopic (exact) mass is 489 g/mol. The zero-order valence-corrected chi connectivity index (χ0v) is 18.8. The molecule has 5 nitrogen and oxygen atoms in total. The van der Waals surface area contributed by atoms with Crippen LogP contribution in [0.1, 0.15) is 29.2 Å². The van der Waals surface area contributed by atoms with Gasteiger partial charge >= 0.3 is 18.2 Å². The second-order valence-corrected chi connectivity index (χ2v) is 7.80. The summed E-state index contributed by atoms with van der Waals surface area (Å²) in [6.07, 6.45) is -5.90. The van der Waals surface area contributed by atoms with E-state index in [1.54, 1.807) is 31.2 Å². The van der Waals surface area contributed by atoms with Crippen LogP contribution in [0.15, 0.2) is 66.7 Å². The van der Waals surface area contributed by atoms with Crippen molar-refractivity contribution in [2.45, 2.75) is 32.7 Å². The van der Waals surface area contributed by atoms with Crippen LogP contribution in [0.3, 0.4) is 0 Å². The quantitative estimate of drug-likeness (QED) is 0.377. The molecule has 3 aromatic rings. The summed E-state index contributed by atoms with van der Waals surface area (Å²) in [5.74, 6) is -1.98. The minimum atomic E-state index is -4.62. The molecule has 0 saturated heterocycles. The van der Waals surface area contributed by atoms with E-state index in [0.717, 1.165) is 23.8 Å². The summed E-state index contributed by atoms with van der Waals surface area (Å²) in [7, 11) is 0. The van der Waals surface area contributed by atoms with Crippen molar-refractivity contribution in [3.05, 3.63) is 94.8 Å². The zero-order chi connectivity index (χ0) is 25.6. The van der Waals surface area contributed by atoms with Crippen LogP contribution in [-0.2, 0) is 35.3 Å². The Morgan fingerprint density at radius 1 is 0.971 bits per heavy atom. The predicted molar refractivity (Wildman–Crippen MR) is 121 cm³/mol. The molecule has 184 valence electrons. The fourth-order valence-corrected chi connectivity index (χ4v) is 3.54. The van der Waals surface area contributed by atoms with E-state index in [1.165, 1.54) is 23.1 Å². The Labute approximate surface area is 199 Å². The molecular weight excluding hydrogens is 466 g/mol. The van der Waals surface area contributed by atoms with Gasteiger partial charge in [-0.05, 0) is 59.0 Å². The molecule has 3 aromatic carbocycles. The molecule has 0 atom stereocenters. The van der Waals surface area contributed by atoms with Gasteiger partial charge in [-0.15, -0.1) is 0 Å². The molecule has 0 fully saturated rings. The van der Waals surface area contributed by atoms with Gasteiger partial charge in [0.15, 0.2) is 0 Å². The number of carboxylic acid groups (broad SMARTS) is 1. The first-order valence-electron chi connectivity index (χ1n) is 10.7. The molecule has 0 bridgehead atoms. The molecule has 0 aliphatic carbocycles. The summed E-state index contributed by atoms with van der Waals surface area (Å²) in [5.41, 5.74) is 0.562. The van der Waals surface area contributed by atoms with Crippen molar-refractivity contribution < 1.29 is 37.0 Å². The lowest BCUT2D eigenvalue weighted by atomic mass is 9.95. The van der Waals surface area contributed by atoms with Crippen LogP contribution in [-0.4, -0.2) is 28.6 Å². The normalized spacial score (nSPS) is 11.2. The first-order chi connectivity index (χ1) is 16.6. The van der Waals surface area contributed by atoms with Crippen molar-refractivity contribution >= 4 is 12.1 Å². The van der Waals surface area contributed by atoms with Crippen molar-refractivity contribution in [3.63, 3.8) is 0 Å². The molecule has 0 saturated carbocycles. The lowest BCUT2D eigenvalue weighted by Crippen LogP contribution is -2.31. The van der Waals surface area contributed by atoms with E-state index in [-0.39, 0.29) is 30.8 Å². The van der Waals surface area contributed by atoms with Gasteiger partial charge in [-0.2, -0.15) is 13.2 Å². The summed E-state index contributed by atoms with van der Waals surface area (Å²) in [4.78, 5) is 25.0. The fourth-order valence-electron chi connectivity index (χ4n) is 3.54. The van der Waals surface area contributed by atoms with Crippen molar-refractivity contribution in [2.75, 3.05) is 6.54 Å². The van der Waals surface area contributed by atoms with E-state index < -0.39 is 36.0 Å². The van der Waals surface area contributed by atoms with E-state index in [9.17, 15) is 27.2 Å². The number of aliphatic carboxylic acids is 1. The molecule has 0 aliphatic rings. The standard InChI is InChI=1S/C26H23F4NO4/c1-2-31(25(34)35-16-17-6-4-3-5-7-17)15-20-13-21(26(28,29)30)9-10-22(20)18-8-11-23(27)19(12-18)14-24(32)33/h3-13H,2,14-16H2,1H3,(H,32,33). The molecule has 0 spiro atoms. The van der Waals surface area contributed by atoms with E-state index in [1.807, 2.05) is 6.07 Å². The Bertz CT molecular complexity index is 1200. The Morgan fingerprint density at radius 2 is 1.69 bits per heavy atom. The van der Waals surface area contributed by atoms with E-state index in [2.05, 4.69) is 0 Å². The lowest BCUT2D eigenvalue weighted by molar-refractivity contribution is -0.138. The van der Waals surface area contributed by atoms with Crippen molar-refractivity contribution in [3.8, 4) is 11.1 Å². The smallest absolute Gasteiger partial charge is 0.416 e. The number of halogens is 4. The molecule has 0 aliphatic heterocycles. The average molecular weight is 489 g/mol. The maximum atomic E-state index is 14.1. The Hall–Kier alpha value is -3.88. The highest BCUT2D eigenvalue weighted by Crippen LogP contribution is 2.34. The largest absolute Gasteiger partial charge is 0.481 e. The highest BCUT2D eigenvalue weighted by atomic mass is 19.4. The van der Waals surface area contributed by atoms with E-state index in [4.69, 9.17) is 9.84 Å². The highest BCUT2D eigenvalue weighted by molar-refractivity contribution is 5.74. The Balaban J connectivity index is 1.94. The van der Waals surface area contributed by atoms with Gasteiger partial charge in [-0.3, -0.25) is 4.79 Å². The molecular formula is C26H23F4NO4. The van der Waals surface area contributed by atoms with Gasteiger partial charge in [-0.25, -0.2) is 9.18 Å². The van der Waals surface area contributed by atoms with Crippen LogP contribution in [0.4, 0.5) is 22.4 Å². The molecule has 0 aromatic heterocycles. The average Bonchev–Trinajstić information content (AvgIpc) is 2.82. The summed E-state index contributed by atoms with van der Waals surface area (Å²) >= 11 is 0. The molecule has 1 amide bonds. The Morgan fingerprint density at radius 3 is 2.31 bits per heavy atom. The van der Waals surface area contributed by atoms with Crippen LogP contribution >= 0.6 is 0 Å². The molecule has 9 heteroatoms. The number of hydrogen-bond donors (Lipinski definition) is 1. The molecule has 3 rings (SSSR count). The number of nitrogens with zero attached hydrogens (tertiary/aromatic N) is 1. The molecule has 35 heavy (non-hydrogen) atoms. The van der Waals surface area contributed by atoms with Crippen molar-refractivity contribution in [1.29, 1.82) is 0 Å². The lowest BCUT2D eigenvalue weighted by Gasteiger charge is -2.23. The molecule has 0 radical (unpaired) electrons. The maximum Gasteiger partial charge on any atom is 0.416 e. The SMILES string of the molecule is CCN(Cc1cc(C(F)(F)F)ccc1-c1ccc(F)c(CC(=O)O)c1)C(=O)OCc1ccccc1. The topological polar surface area (TPSA) is 66.8 Å². The van der Waals surface area contributed by atoms with Gasteiger partial charge in [0.25, 0.3) is 0 Å². The summed E-state index contributed by atoms with van der Waals surface area (Å²) < 4.78 is 59.7. The molecule has 0 unspecified atom stereocenters. The van der Waals surface area contributed by atoms with Gasteiger partial charge in [0, 0.05) is 13.1 Å². The number of rotatable bonds is 8. The first-order valence-corrected chi connectivity index (χ1v) is 10.7. The van der Waals surface area contributed by atoms with Gasteiger partial charge < -0.3 is 14.7 Å². The molecule has 0 heterocycles. The van der Waals surface area contributed by atoms with Gasteiger partial charge in [0.2, 0.25) is 0 Å². The number of carboxylic acids is 1. The number of carbonyl (C=O) groups excluding carboxylic acids is 1. The molecule has 1 N–H and O–H groups in total. The summed E-state index contributed by atoms with van der Waals surface area (Å²) in [6.45, 7) is 1.63. The van der Waals surface area contributed by atoms with Gasteiger partial charge in [0.1, 0.15) is 12.4 Å². The van der Waals surface area contributed by atoms with E-state index in [0.29, 0.717) is 11.1 Å². The number of ether oxygens (including phenoxy) is 1. The predicted octanol–water partition coefficient (Wildman–Crippen LogP) is 6.30. The highest BCUT2D eigenvalue weighted by Gasteiger charge is 2.31. The Kier molecular flexibility index (Phi) is 8.11.